The topological polar surface area (TPSA) is 63.2 Å². The smallest absolute Gasteiger partial charge is 0.198 e. The zero-order valence-electron chi connectivity index (χ0n) is 18.6. The van der Waals surface area contributed by atoms with E-state index in [1.165, 1.54) is 7.11 Å². The van der Waals surface area contributed by atoms with Gasteiger partial charge >= 0.3 is 0 Å². The molecule has 0 fully saturated rings. The molecular weight excluding hydrogens is 408 g/mol. The van der Waals surface area contributed by atoms with Crippen molar-refractivity contribution in [2.75, 3.05) is 35.5 Å². The Labute approximate surface area is 185 Å². The predicted octanol–water partition coefficient (Wildman–Crippen LogP) is 5.06. The highest BCUT2D eigenvalue weighted by Crippen LogP contribution is 2.39. The Morgan fingerprint density at radius 3 is 1.66 bits per heavy atom. The number of fused-ring (bicyclic) bond motifs is 2. The van der Waals surface area contributed by atoms with Crippen molar-refractivity contribution in [3.05, 3.63) is 64.8 Å². The fourth-order valence-corrected chi connectivity index (χ4v) is 3.91. The second-order valence-electron chi connectivity index (χ2n) is 7.16. The Bertz CT molecular complexity index is 1360. The van der Waals surface area contributed by atoms with Crippen molar-refractivity contribution >= 4 is 21.5 Å². The van der Waals surface area contributed by atoms with Gasteiger partial charge in [0.25, 0.3) is 0 Å². The molecule has 0 saturated carbocycles. The van der Waals surface area contributed by atoms with Gasteiger partial charge in [0.15, 0.2) is 5.43 Å². The first-order valence-electron chi connectivity index (χ1n) is 9.97. The normalized spacial score (nSPS) is 10.8. The van der Waals surface area contributed by atoms with Gasteiger partial charge in [0, 0.05) is 28.3 Å². The summed E-state index contributed by atoms with van der Waals surface area (Å²) in [5, 5.41) is 2.29. The van der Waals surface area contributed by atoms with E-state index >= 15 is 0 Å². The number of methoxy groups -OCH3 is 5. The lowest BCUT2D eigenvalue weighted by atomic mass is 10.00. The number of rotatable bonds is 6. The summed E-state index contributed by atoms with van der Waals surface area (Å²) in [6, 6.07) is 16.7. The molecule has 0 aromatic heterocycles. The number of hydrogen-bond acceptors (Lipinski definition) is 6. The van der Waals surface area contributed by atoms with Crippen molar-refractivity contribution in [3.8, 4) is 39.9 Å². The Kier molecular flexibility index (Phi) is 5.77. The van der Waals surface area contributed by atoms with Gasteiger partial charge in [-0.05, 0) is 41.5 Å². The molecule has 0 radical (unpaired) electrons. The van der Waals surface area contributed by atoms with E-state index in [1.807, 2.05) is 36.4 Å². The largest absolute Gasteiger partial charge is 0.497 e. The van der Waals surface area contributed by atoms with Crippen LogP contribution in [0.1, 0.15) is 0 Å². The van der Waals surface area contributed by atoms with Crippen molar-refractivity contribution < 1.29 is 23.7 Å². The number of hydrogen-bond donors (Lipinski definition) is 0. The summed E-state index contributed by atoms with van der Waals surface area (Å²) in [4.78, 5) is 13.8. The van der Waals surface area contributed by atoms with Crippen LogP contribution in [0.2, 0.25) is 0 Å². The van der Waals surface area contributed by atoms with Crippen molar-refractivity contribution in [1.82, 2.24) is 0 Å². The minimum atomic E-state index is -0.188. The molecule has 0 spiro atoms. The molecular formula is C26H24O6. The first kappa shape index (κ1) is 21.3. The summed E-state index contributed by atoms with van der Waals surface area (Å²) in [7, 11) is 7.87. The van der Waals surface area contributed by atoms with Crippen LogP contribution in [0, 0.1) is 0 Å². The fraction of sp³-hybridized carbons (Fsp3) is 0.192. The molecule has 0 aliphatic rings. The summed E-state index contributed by atoms with van der Waals surface area (Å²) in [5.41, 5.74) is 1.54. The van der Waals surface area contributed by atoms with Crippen LogP contribution in [0.4, 0.5) is 0 Å². The molecule has 32 heavy (non-hydrogen) atoms. The van der Waals surface area contributed by atoms with Gasteiger partial charge in [0.1, 0.15) is 28.7 Å². The third-order valence-electron chi connectivity index (χ3n) is 5.55. The third kappa shape index (κ3) is 3.54. The van der Waals surface area contributed by atoms with Gasteiger partial charge in [0.05, 0.1) is 40.9 Å². The average Bonchev–Trinajstić information content (AvgIpc) is 2.97. The zero-order chi connectivity index (χ0) is 22.8. The molecule has 0 bridgehead atoms. The van der Waals surface area contributed by atoms with Crippen LogP contribution in [-0.4, -0.2) is 35.5 Å². The standard InChI is InChI=1S/C26H24O6/c1-28-16-8-6-15(7-9-16)19-14-20-22(11-18(30-3)12-23(20)31-4)26(27)25-21(19)10-17(29-2)13-24(25)32-5/h6-14H,1-5H3. The molecule has 4 aromatic rings. The predicted molar refractivity (Wildman–Crippen MR) is 126 cm³/mol. The molecule has 164 valence electrons. The van der Waals surface area contributed by atoms with Gasteiger partial charge < -0.3 is 23.7 Å². The van der Waals surface area contributed by atoms with E-state index in [-0.39, 0.29) is 5.43 Å². The van der Waals surface area contributed by atoms with Crippen LogP contribution < -0.4 is 29.1 Å². The van der Waals surface area contributed by atoms with Crippen LogP contribution in [0.25, 0.3) is 32.7 Å². The minimum absolute atomic E-state index is 0.188. The van der Waals surface area contributed by atoms with E-state index in [4.69, 9.17) is 23.7 Å². The zero-order valence-corrected chi connectivity index (χ0v) is 18.6. The number of benzene rings is 3. The molecule has 0 N–H and O–H groups in total. The maximum atomic E-state index is 13.8. The second kappa shape index (κ2) is 8.67. The lowest BCUT2D eigenvalue weighted by Crippen LogP contribution is -2.02. The highest BCUT2D eigenvalue weighted by Gasteiger charge is 2.18. The molecule has 4 aromatic carbocycles. The van der Waals surface area contributed by atoms with Crippen molar-refractivity contribution in [2.45, 2.75) is 0 Å². The summed E-state index contributed by atoms with van der Waals surface area (Å²) in [6.45, 7) is 0. The summed E-state index contributed by atoms with van der Waals surface area (Å²) >= 11 is 0. The van der Waals surface area contributed by atoms with E-state index in [9.17, 15) is 4.79 Å². The van der Waals surface area contributed by atoms with Crippen molar-refractivity contribution in [1.29, 1.82) is 0 Å². The molecule has 0 atom stereocenters. The quantitative estimate of drug-likeness (QED) is 0.424. The van der Waals surface area contributed by atoms with Crippen molar-refractivity contribution in [2.24, 2.45) is 0 Å². The monoisotopic (exact) mass is 432 g/mol. The van der Waals surface area contributed by atoms with Gasteiger partial charge in [-0.15, -0.1) is 0 Å². The SMILES string of the molecule is COc1ccc(-c2cc3c(OC)cc(OC)cc3c(=O)c3c(OC)cc(OC)cc23)cc1. The van der Waals surface area contributed by atoms with Gasteiger partial charge in [0.2, 0.25) is 0 Å². The molecule has 6 nitrogen and oxygen atoms in total. The highest BCUT2D eigenvalue weighted by molar-refractivity contribution is 6.07. The summed E-state index contributed by atoms with van der Waals surface area (Å²) in [6.07, 6.45) is 0. The Morgan fingerprint density at radius 1 is 0.531 bits per heavy atom. The molecule has 6 heteroatoms. The molecule has 0 amide bonds. The minimum Gasteiger partial charge on any atom is -0.497 e. The fourth-order valence-electron chi connectivity index (χ4n) is 3.91. The van der Waals surface area contributed by atoms with Gasteiger partial charge in [-0.2, -0.15) is 0 Å². The molecule has 0 unspecified atom stereocenters. The summed E-state index contributed by atoms with van der Waals surface area (Å²) < 4.78 is 27.5. The molecule has 4 rings (SSSR count). The van der Waals surface area contributed by atoms with Crippen LogP contribution in [0.15, 0.2) is 59.4 Å². The third-order valence-corrected chi connectivity index (χ3v) is 5.55. The second-order valence-corrected chi connectivity index (χ2v) is 7.16. The maximum Gasteiger partial charge on any atom is 0.198 e. The van der Waals surface area contributed by atoms with Gasteiger partial charge in [-0.25, -0.2) is 0 Å². The van der Waals surface area contributed by atoms with Crippen LogP contribution >= 0.6 is 0 Å². The van der Waals surface area contributed by atoms with Crippen molar-refractivity contribution in [3.63, 3.8) is 0 Å². The van der Waals surface area contributed by atoms with E-state index in [1.54, 1.807) is 46.6 Å². The first-order valence-corrected chi connectivity index (χ1v) is 9.97. The summed E-state index contributed by atoms with van der Waals surface area (Å²) in [5.74, 6) is 2.83. The first-order chi connectivity index (χ1) is 15.5. The Morgan fingerprint density at radius 2 is 1.09 bits per heavy atom. The van der Waals surface area contributed by atoms with E-state index in [2.05, 4.69) is 0 Å². The molecule has 0 aliphatic carbocycles. The highest BCUT2D eigenvalue weighted by atomic mass is 16.5. The van der Waals surface area contributed by atoms with Gasteiger partial charge in [-0.1, -0.05) is 12.1 Å². The van der Waals surface area contributed by atoms with Crippen LogP contribution in [-0.2, 0) is 0 Å². The van der Waals surface area contributed by atoms with E-state index < -0.39 is 0 Å². The van der Waals surface area contributed by atoms with E-state index in [0.717, 1.165) is 16.9 Å². The van der Waals surface area contributed by atoms with E-state index in [0.29, 0.717) is 44.5 Å². The lowest BCUT2D eigenvalue weighted by Gasteiger charge is -2.10. The average molecular weight is 432 g/mol. The molecule has 0 saturated heterocycles. The van der Waals surface area contributed by atoms with Gasteiger partial charge in [-0.3, -0.25) is 4.79 Å². The van der Waals surface area contributed by atoms with Crippen LogP contribution in [0.3, 0.4) is 0 Å². The molecule has 0 heterocycles. The lowest BCUT2D eigenvalue weighted by molar-refractivity contribution is 0.397. The van der Waals surface area contributed by atoms with Crippen LogP contribution in [0.5, 0.6) is 28.7 Å². The molecule has 0 aliphatic heterocycles. The number of ether oxygens (including phenoxy) is 5. The Balaban J connectivity index is 2.28. The Hall–Kier alpha value is -3.93. The maximum absolute atomic E-state index is 13.8.